The van der Waals surface area contributed by atoms with Crippen LogP contribution in [0.2, 0.25) is 0 Å². The topological polar surface area (TPSA) is 0 Å². The fourth-order valence-corrected chi connectivity index (χ4v) is 3.29. The normalized spacial score (nSPS) is 55.5. The van der Waals surface area contributed by atoms with Gasteiger partial charge in [-0.05, 0) is 5.92 Å². The van der Waals surface area contributed by atoms with Gasteiger partial charge in [-0.15, -0.1) is 58.0 Å². The Hall–Kier alpha value is 1.45. The minimum Gasteiger partial charge on any atom is -0.121 e. The van der Waals surface area contributed by atoms with Crippen molar-refractivity contribution < 1.29 is 0 Å². The molecule has 1 fully saturated rings. The average molecular weight is 270 g/mol. The van der Waals surface area contributed by atoms with Crippen molar-refractivity contribution in [2.24, 2.45) is 5.92 Å². The van der Waals surface area contributed by atoms with Gasteiger partial charge in [-0.3, -0.25) is 0 Å². The summed E-state index contributed by atoms with van der Waals surface area (Å²) in [6, 6.07) is 0. The second-order valence-electron chi connectivity index (χ2n) is 3.08. The third-order valence-corrected chi connectivity index (χ3v) is 5.70. The van der Waals surface area contributed by atoms with Crippen LogP contribution in [0.15, 0.2) is 0 Å². The zero-order valence-electron chi connectivity index (χ0n) is 6.35. The highest BCUT2D eigenvalue weighted by atomic mass is 35.5. The Kier molecular flexibility index (Phi) is 4.14. The molecule has 5 heteroatoms. The van der Waals surface area contributed by atoms with Crippen molar-refractivity contribution in [2.75, 3.05) is 0 Å². The summed E-state index contributed by atoms with van der Waals surface area (Å²) < 4.78 is 0. The van der Waals surface area contributed by atoms with Crippen molar-refractivity contribution in [3.8, 4) is 0 Å². The van der Waals surface area contributed by atoms with Gasteiger partial charge in [0, 0.05) is 0 Å². The molecule has 1 aliphatic rings. The van der Waals surface area contributed by atoms with E-state index in [1.165, 1.54) is 0 Å². The van der Waals surface area contributed by atoms with E-state index in [-0.39, 0.29) is 32.8 Å². The van der Waals surface area contributed by atoms with Gasteiger partial charge in [0.05, 0.1) is 26.9 Å². The summed E-state index contributed by atoms with van der Waals surface area (Å²) in [6.07, 6.45) is 0. The molecule has 0 heterocycles. The van der Waals surface area contributed by atoms with Crippen LogP contribution in [0.4, 0.5) is 0 Å². The van der Waals surface area contributed by atoms with E-state index in [9.17, 15) is 0 Å². The van der Waals surface area contributed by atoms with Crippen LogP contribution < -0.4 is 0 Å². The molecule has 12 heavy (non-hydrogen) atoms. The molecule has 0 aromatic heterocycles. The van der Waals surface area contributed by atoms with E-state index >= 15 is 0 Å². The lowest BCUT2D eigenvalue weighted by Crippen LogP contribution is -2.50. The molecule has 1 aliphatic carbocycles. The first-order valence-corrected chi connectivity index (χ1v) is 5.85. The molecular weight excluding hydrogens is 261 g/mol. The molecule has 0 radical (unpaired) electrons. The van der Waals surface area contributed by atoms with Crippen LogP contribution in [0.3, 0.4) is 0 Å². The SMILES string of the molecule is CC1C(Cl)C(Cl)C(Cl)C(Cl)C1Cl. The number of alkyl halides is 5. The molecule has 4 unspecified atom stereocenters. The van der Waals surface area contributed by atoms with Gasteiger partial charge in [-0.25, -0.2) is 0 Å². The van der Waals surface area contributed by atoms with Crippen molar-refractivity contribution in [2.45, 2.75) is 33.8 Å². The summed E-state index contributed by atoms with van der Waals surface area (Å²) in [4.78, 5) is 0. The van der Waals surface area contributed by atoms with E-state index in [0.717, 1.165) is 0 Å². The average Bonchev–Trinajstić information content (AvgIpc) is 2.08. The Balaban J connectivity index is 2.76. The van der Waals surface area contributed by atoms with E-state index in [0.29, 0.717) is 0 Å². The molecule has 0 aliphatic heterocycles. The molecule has 0 amide bonds. The van der Waals surface area contributed by atoms with Gasteiger partial charge >= 0.3 is 0 Å². The molecule has 1 saturated carbocycles. The molecule has 1 rings (SSSR count). The highest BCUT2D eigenvalue weighted by Gasteiger charge is 2.45. The number of hydrogen-bond acceptors (Lipinski definition) is 0. The Labute approximate surface area is 97.4 Å². The number of halogens is 5. The molecule has 0 saturated heterocycles. The molecule has 0 nitrogen and oxygen atoms in total. The molecule has 4 atom stereocenters. The van der Waals surface area contributed by atoms with Gasteiger partial charge in [0.15, 0.2) is 0 Å². The summed E-state index contributed by atoms with van der Waals surface area (Å²) in [6.45, 7) is 1.93. The van der Waals surface area contributed by atoms with E-state index in [2.05, 4.69) is 0 Å². The Bertz CT molecular complexity index is 103. The minimum atomic E-state index is -0.352. The molecule has 0 N–H and O–H groups in total. The van der Waals surface area contributed by atoms with Crippen molar-refractivity contribution in [3.05, 3.63) is 0 Å². The Morgan fingerprint density at radius 2 is 0.833 bits per heavy atom. The quantitative estimate of drug-likeness (QED) is 0.589. The van der Waals surface area contributed by atoms with Crippen LogP contribution >= 0.6 is 58.0 Å². The van der Waals surface area contributed by atoms with Crippen molar-refractivity contribution in [1.82, 2.24) is 0 Å². The highest BCUT2D eigenvalue weighted by molar-refractivity contribution is 6.41. The van der Waals surface area contributed by atoms with Crippen LogP contribution in [0.25, 0.3) is 0 Å². The second kappa shape index (κ2) is 4.31. The van der Waals surface area contributed by atoms with E-state index < -0.39 is 0 Å². The zero-order valence-corrected chi connectivity index (χ0v) is 10.1. The minimum absolute atomic E-state index is 0.0910. The lowest BCUT2D eigenvalue weighted by atomic mass is 9.88. The predicted octanol–water partition coefficient (Wildman–Crippen LogP) is 3.67. The summed E-state index contributed by atoms with van der Waals surface area (Å²) in [5.74, 6) is 0.0910. The molecule has 0 bridgehead atoms. The van der Waals surface area contributed by atoms with Crippen LogP contribution in [0, 0.1) is 5.92 Å². The lowest BCUT2D eigenvalue weighted by molar-refractivity contribution is 0.415. The van der Waals surface area contributed by atoms with Gasteiger partial charge in [0.25, 0.3) is 0 Å². The maximum Gasteiger partial charge on any atom is 0.0692 e. The van der Waals surface area contributed by atoms with E-state index in [1.54, 1.807) is 0 Å². The fraction of sp³-hybridized carbons (Fsp3) is 1.00. The maximum absolute atomic E-state index is 6.01. The standard InChI is InChI=1S/C7H9Cl5/c1-2-3(8)5(10)7(12)6(11)4(2)9/h2-7H,1H3. The van der Waals surface area contributed by atoms with Crippen LogP contribution in [0.5, 0.6) is 0 Å². The first-order chi connectivity index (χ1) is 5.46. The third kappa shape index (κ3) is 1.93. The number of rotatable bonds is 0. The number of hydrogen-bond donors (Lipinski definition) is 0. The first-order valence-electron chi connectivity index (χ1n) is 3.67. The smallest absolute Gasteiger partial charge is 0.0692 e. The molecule has 0 spiro atoms. The molecule has 72 valence electrons. The second-order valence-corrected chi connectivity index (χ2v) is 5.60. The highest BCUT2D eigenvalue weighted by Crippen LogP contribution is 2.40. The van der Waals surface area contributed by atoms with E-state index in [1.807, 2.05) is 6.92 Å². The predicted molar refractivity (Wildman–Crippen MR) is 57.4 cm³/mol. The molecule has 0 aromatic carbocycles. The summed E-state index contributed by atoms with van der Waals surface area (Å²) in [5, 5.41) is -1.37. The monoisotopic (exact) mass is 268 g/mol. The van der Waals surface area contributed by atoms with Gasteiger partial charge in [-0.2, -0.15) is 0 Å². The van der Waals surface area contributed by atoms with Crippen LogP contribution in [-0.2, 0) is 0 Å². The summed E-state index contributed by atoms with van der Waals surface area (Å²) in [5.41, 5.74) is 0. The van der Waals surface area contributed by atoms with Gasteiger partial charge in [0.2, 0.25) is 0 Å². The third-order valence-electron chi connectivity index (χ3n) is 2.22. The van der Waals surface area contributed by atoms with E-state index in [4.69, 9.17) is 58.0 Å². The fourth-order valence-electron chi connectivity index (χ4n) is 1.28. The van der Waals surface area contributed by atoms with Crippen molar-refractivity contribution >= 4 is 58.0 Å². The van der Waals surface area contributed by atoms with Crippen molar-refractivity contribution in [3.63, 3.8) is 0 Å². The van der Waals surface area contributed by atoms with Gasteiger partial charge in [-0.1, -0.05) is 6.92 Å². The zero-order chi connectivity index (χ0) is 9.46. The van der Waals surface area contributed by atoms with Crippen LogP contribution in [0.1, 0.15) is 6.92 Å². The van der Waals surface area contributed by atoms with Crippen molar-refractivity contribution in [1.29, 1.82) is 0 Å². The molecule has 0 aromatic rings. The van der Waals surface area contributed by atoms with Gasteiger partial charge < -0.3 is 0 Å². The first kappa shape index (κ1) is 11.5. The molecular formula is C7H9Cl5. The summed E-state index contributed by atoms with van der Waals surface area (Å²) in [7, 11) is 0. The largest absolute Gasteiger partial charge is 0.121 e. The summed E-state index contributed by atoms with van der Waals surface area (Å²) >= 11 is 29.9. The lowest BCUT2D eigenvalue weighted by Gasteiger charge is -2.39. The maximum atomic E-state index is 6.01. The Morgan fingerprint density at radius 1 is 0.583 bits per heavy atom. The van der Waals surface area contributed by atoms with Crippen LogP contribution in [-0.4, -0.2) is 26.9 Å². The van der Waals surface area contributed by atoms with Gasteiger partial charge in [0.1, 0.15) is 0 Å². The Morgan fingerprint density at radius 3 is 1.17 bits per heavy atom.